The highest BCUT2D eigenvalue weighted by molar-refractivity contribution is 8.00. The predicted octanol–water partition coefficient (Wildman–Crippen LogP) is 5.10. The highest BCUT2D eigenvalue weighted by Gasteiger charge is 2.33. The SMILES string of the molecule is Cc1c(CN2CCN(C(=O)C3CCCC3)C(C)C2)cc(Cl)cc1NC(=O)CC1CCCS1. The Kier molecular flexibility index (Phi) is 8.06. The molecule has 0 spiro atoms. The zero-order valence-corrected chi connectivity index (χ0v) is 20.9. The molecule has 0 aromatic heterocycles. The van der Waals surface area contributed by atoms with E-state index < -0.39 is 0 Å². The lowest BCUT2D eigenvalue weighted by atomic mass is 10.0. The topological polar surface area (TPSA) is 52.6 Å². The van der Waals surface area contributed by atoms with Crippen molar-refractivity contribution in [2.75, 3.05) is 30.7 Å². The van der Waals surface area contributed by atoms with Crippen molar-refractivity contribution in [3.8, 4) is 0 Å². The van der Waals surface area contributed by atoms with E-state index in [2.05, 4.69) is 29.0 Å². The van der Waals surface area contributed by atoms with Gasteiger partial charge in [0.25, 0.3) is 0 Å². The molecule has 5 nitrogen and oxygen atoms in total. The van der Waals surface area contributed by atoms with E-state index in [-0.39, 0.29) is 17.9 Å². The van der Waals surface area contributed by atoms with Gasteiger partial charge in [0.15, 0.2) is 0 Å². The monoisotopic (exact) mass is 477 g/mol. The molecule has 2 unspecified atom stereocenters. The van der Waals surface area contributed by atoms with Gasteiger partial charge >= 0.3 is 0 Å². The second-order valence-electron chi connectivity index (χ2n) is 9.72. The Balaban J connectivity index is 1.36. The van der Waals surface area contributed by atoms with Gasteiger partial charge in [0.1, 0.15) is 0 Å². The number of thioether (sulfide) groups is 1. The van der Waals surface area contributed by atoms with Crippen LogP contribution in [0.1, 0.15) is 63.0 Å². The zero-order valence-electron chi connectivity index (χ0n) is 19.4. The Labute approximate surface area is 201 Å². The van der Waals surface area contributed by atoms with Crippen LogP contribution < -0.4 is 5.32 Å². The smallest absolute Gasteiger partial charge is 0.226 e. The van der Waals surface area contributed by atoms with Crippen LogP contribution in [-0.2, 0) is 16.1 Å². The largest absolute Gasteiger partial charge is 0.337 e. The molecule has 1 aromatic carbocycles. The van der Waals surface area contributed by atoms with Crippen molar-refractivity contribution in [1.29, 1.82) is 0 Å². The molecule has 2 saturated heterocycles. The molecular formula is C25H36ClN3O2S. The summed E-state index contributed by atoms with van der Waals surface area (Å²) in [5, 5.41) is 4.20. The fraction of sp³-hybridized carbons (Fsp3) is 0.680. The van der Waals surface area contributed by atoms with Gasteiger partial charge in [-0.25, -0.2) is 0 Å². The molecule has 176 valence electrons. The first kappa shape index (κ1) is 23.9. The van der Waals surface area contributed by atoms with E-state index >= 15 is 0 Å². The summed E-state index contributed by atoms with van der Waals surface area (Å²) in [6.45, 7) is 7.54. The number of amides is 2. The third-order valence-corrected chi connectivity index (χ3v) is 8.90. The van der Waals surface area contributed by atoms with Crippen LogP contribution in [-0.4, -0.2) is 58.3 Å². The molecule has 2 atom stereocenters. The average Bonchev–Trinajstić information content (AvgIpc) is 3.45. The molecule has 4 rings (SSSR count). The third-order valence-electron chi connectivity index (χ3n) is 7.28. The van der Waals surface area contributed by atoms with Crippen molar-refractivity contribution in [1.82, 2.24) is 9.80 Å². The summed E-state index contributed by atoms with van der Waals surface area (Å²) < 4.78 is 0. The lowest BCUT2D eigenvalue weighted by Crippen LogP contribution is -2.54. The van der Waals surface area contributed by atoms with Gasteiger partial charge in [-0.05, 0) is 68.5 Å². The van der Waals surface area contributed by atoms with Gasteiger partial charge in [-0.15, -0.1) is 0 Å². The third kappa shape index (κ3) is 5.81. The second kappa shape index (κ2) is 10.8. The standard InChI is InChI=1S/C25H36ClN3O2S/c1-17-15-28(9-10-29(17)25(31)19-6-3-4-7-19)16-20-12-21(26)13-23(18(20)2)27-24(30)14-22-8-5-11-32-22/h12-13,17,19,22H,3-11,14-16H2,1-2H3,(H,27,30). The van der Waals surface area contributed by atoms with E-state index in [0.717, 1.165) is 68.0 Å². The number of anilines is 1. The summed E-state index contributed by atoms with van der Waals surface area (Å²) in [4.78, 5) is 30.0. The van der Waals surface area contributed by atoms with Gasteiger partial charge in [0, 0.05) is 60.5 Å². The Bertz CT molecular complexity index is 837. The number of benzene rings is 1. The predicted molar refractivity (Wildman–Crippen MR) is 133 cm³/mol. The van der Waals surface area contributed by atoms with E-state index in [1.54, 1.807) is 0 Å². The maximum atomic E-state index is 12.9. The number of piperazine rings is 1. The Morgan fingerprint density at radius 1 is 1.16 bits per heavy atom. The van der Waals surface area contributed by atoms with Crippen molar-refractivity contribution >= 4 is 40.9 Å². The molecule has 7 heteroatoms. The van der Waals surface area contributed by atoms with Gasteiger partial charge in [0.05, 0.1) is 0 Å². The Morgan fingerprint density at radius 2 is 1.94 bits per heavy atom. The van der Waals surface area contributed by atoms with Crippen molar-refractivity contribution in [2.24, 2.45) is 5.92 Å². The van der Waals surface area contributed by atoms with Crippen LogP contribution in [0.4, 0.5) is 5.69 Å². The van der Waals surface area contributed by atoms with Crippen LogP contribution >= 0.6 is 23.4 Å². The van der Waals surface area contributed by atoms with Crippen LogP contribution in [0.5, 0.6) is 0 Å². The summed E-state index contributed by atoms with van der Waals surface area (Å²) in [5.74, 6) is 1.84. The number of nitrogens with one attached hydrogen (secondary N) is 1. The molecule has 2 aliphatic heterocycles. The Morgan fingerprint density at radius 3 is 2.62 bits per heavy atom. The summed E-state index contributed by atoms with van der Waals surface area (Å²) in [6.07, 6.45) is 7.41. The first-order chi connectivity index (χ1) is 15.4. The van der Waals surface area contributed by atoms with E-state index in [9.17, 15) is 9.59 Å². The zero-order chi connectivity index (χ0) is 22.7. The van der Waals surface area contributed by atoms with E-state index in [1.807, 2.05) is 23.9 Å². The number of nitrogens with zero attached hydrogens (tertiary/aromatic N) is 2. The van der Waals surface area contributed by atoms with E-state index in [4.69, 9.17) is 11.6 Å². The second-order valence-corrected chi connectivity index (χ2v) is 11.6. The quantitative estimate of drug-likeness (QED) is 0.619. The molecule has 1 N–H and O–H groups in total. The van der Waals surface area contributed by atoms with E-state index in [0.29, 0.717) is 22.6 Å². The van der Waals surface area contributed by atoms with Gasteiger partial charge in [0.2, 0.25) is 11.8 Å². The van der Waals surface area contributed by atoms with Crippen molar-refractivity contribution in [2.45, 2.75) is 76.6 Å². The molecule has 0 bridgehead atoms. The lowest BCUT2D eigenvalue weighted by molar-refractivity contribution is -0.140. The number of carbonyl (C=O) groups is 2. The van der Waals surface area contributed by atoms with Gasteiger partial charge in [-0.1, -0.05) is 24.4 Å². The summed E-state index contributed by atoms with van der Waals surface area (Å²) in [5.41, 5.74) is 3.05. The molecule has 3 aliphatic rings. The fourth-order valence-corrected chi connectivity index (χ4v) is 6.91. The van der Waals surface area contributed by atoms with Gasteiger partial charge < -0.3 is 10.2 Å². The minimum atomic E-state index is 0.0772. The van der Waals surface area contributed by atoms with Crippen LogP contribution in [0.15, 0.2) is 12.1 Å². The van der Waals surface area contributed by atoms with Crippen molar-refractivity contribution < 1.29 is 9.59 Å². The normalized spacial score (nSPS) is 24.8. The van der Waals surface area contributed by atoms with Crippen LogP contribution in [0.2, 0.25) is 5.02 Å². The Hall–Kier alpha value is -1.24. The highest BCUT2D eigenvalue weighted by atomic mass is 35.5. The maximum Gasteiger partial charge on any atom is 0.226 e. The summed E-state index contributed by atoms with van der Waals surface area (Å²) >= 11 is 8.34. The van der Waals surface area contributed by atoms with Crippen LogP contribution in [0.3, 0.4) is 0 Å². The molecular weight excluding hydrogens is 442 g/mol. The fourth-order valence-electron chi connectivity index (χ4n) is 5.40. The van der Waals surface area contributed by atoms with Gasteiger partial charge in [-0.2, -0.15) is 11.8 Å². The number of halogens is 1. The van der Waals surface area contributed by atoms with Crippen LogP contribution in [0, 0.1) is 12.8 Å². The molecule has 2 heterocycles. The number of carbonyl (C=O) groups excluding carboxylic acids is 2. The molecule has 1 aromatic rings. The number of hydrogen-bond acceptors (Lipinski definition) is 4. The van der Waals surface area contributed by atoms with Crippen molar-refractivity contribution in [3.05, 3.63) is 28.3 Å². The minimum Gasteiger partial charge on any atom is -0.337 e. The molecule has 3 fully saturated rings. The van der Waals surface area contributed by atoms with E-state index in [1.165, 1.54) is 19.3 Å². The van der Waals surface area contributed by atoms with Crippen LogP contribution in [0.25, 0.3) is 0 Å². The lowest BCUT2D eigenvalue weighted by Gasteiger charge is -2.41. The summed E-state index contributed by atoms with van der Waals surface area (Å²) in [6, 6.07) is 4.10. The first-order valence-corrected chi connectivity index (χ1v) is 13.6. The summed E-state index contributed by atoms with van der Waals surface area (Å²) in [7, 11) is 0. The maximum absolute atomic E-state index is 12.9. The first-order valence-electron chi connectivity index (χ1n) is 12.1. The number of rotatable bonds is 6. The molecule has 0 radical (unpaired) electrons. The van der Waals surface area contributed by atoms with Crippen molar-refractivity contribution in [3.63, 3.8) is 0 Å². The number of hydrogen-bond donors (Lipinski definition) is 1. The molecule has 2 amide bonds. The average molecular weight is 478 g/mol. The highest BCUT2D eigenvalue weighted by Crippen LogP contribution is 2.31. The molecule has 1 saturated carbocycles. The molecule has 32 heavy (non-hydrogen) atoms. The van der Waals surface area contributed by atoms with Gasteiger partial charge in [-0.3, -0.25) is 14.5 Å². The minimum absolute atomic E-state index is 0.0772. The molecule has 1 aliphatic carbocycles.